The zero-order valence-corrected chi connectivity index (χ0v) is 16.2. The third-order valence-corrected chi connectivity index (χ3v) is 5.28. The van der Waals surface area contributed by atoms with Gasteiger partial charge in [0, 0.05) is 12.6 Å². The number of hydrogen-bond acceptors (Lipinski definition) is 5. The van der Waals surface area contributed by atoms with Crippen LogP contribution in [-0.2, 0) is 4.79 Å². The Hall–Kier alpha value is -2.31. The van der Waals surface area contributed by atoms with Crippen molar-refractivity contribution in [2.24, 2.45) is 0 Å². The van der Waals surface area contributed by atoms with E-state index in [-0.39, 0.29) is 5.91 Å². The number of thioether (sulfide) groups is 1. The number of thiocarbonyl (C=S) groups is 1. The second kappa shape index (κ2) is 8.38. The molecule has 0 bridgehead atoms. The van der Waals surface area contributed by atoms with Crippen molar-refractivity contribution in [1.29, 1.82) is 0 Å². The first-order chi connectivity index (χ1) is 12.5. The summed E-state index contributed by atoms with van der Waals surface area (Å²) in [5, 5.41) is 0. The predicted molar refractivity (Wildman–Crippen MR) is 110 cm³/mol. The zero-order valence-electron chi connectivity index (χ0n) is 14.6. The van der Waals surface area contributed by atoms with Crippen molar-refractivity contribution in [1.82, 2.24) is 4.90 Å². The van der Waals surface area contributed by atoms with Gasteiger partial charge in [0.25, 0.3) is 5.91 Å². The normalized spacial score (nSPS) is 15.6. The van der Waals surface area contributed by atoms with Gasteiger partial charge < -0.3 is 9.47 Å². The van der Waals surface area contributed by atoms with Gasteiger partial charge in [0.05, 0.1) is 4.91 Å². The van der Waals surface area contributed by atoms with E-state index in [9.17, 15) is 4.79 Å². The van der Waals surface area contributed by atoms with Crippen LogP contribution in [0.3, 0.4) is 0 Å². The highest BCUT2D eigenvalue weighted by atomic mass is 32.2. The number of aryl methyl sites for hydroxylation is 1. The molecule has 0 spiro atoms. The molecule has 6 heteroatoms. The van der Waals surface area contributed by atoms with E-state index in [1.807, 2.05) is 61.5 Å². The van der Waals surface area contributed by atoms with Crippen molar-refractivity contribution < 1.29 is 14.3 Å². The highest BCUT2D eigenvalue weighted by Crippen LogP contribution is 2.33. The van der Waals surface area contributed by atoms with Crippen LogP contribution in [-0.4, -0.2) is 35.4 Å². The molecule has 1 amide bonds. The molecule has 1 heterocycles. The number of amides is 1. The van der Waals surface area contributed by atoms with Crippen molar-refractivity contribution in [3.8, 4) is 11.5 Å². The maximum Gasteiger partial charge on any atom is 0.265 e. The molecule has 1 aliphatic heterocycles. The van der Waals surface area contributed by atoms with E-state index in [2.05, 4.69) is 0 Å². The summed E-state index contributed by atoms with van der Waals surface area (Å²) in [6.45, 7) is 2.88. The fourth-order valence-electron chi connectivity index (χ4n) is 2.43. The fourth-order valence-corrected chi connectivity index (χ4v) is 3.60. The van der Waals surface area contributed by atoms with Crippen molar-refractivity contribution in [2.45, 2.75) is 6.92 Å². The van der Waals surface area contributed by atoms with Crippen molar-refractivity contribution in [3.63, 3.8) is 0 Å². The smallest absolute Gasteiger partial charge is 0.265 e. The third kappa shape index (κ3) is 4.45. The van der Waals surface area contributed by atoms with Gasteiger partial charge in [0.2, 0.25) is 0 Å². The van der Waals surface area contributed by atoms with Crippen LogP contribution in [0.15, 0.2) is 53.4 Å². The van der Waals surface area contributed by atoms with Crippen LogP contribution in [0, 0.1) is 6.92 Å². The molecule has 134 valence electrons. The Labute approximate surface area is 162 Å². The van der Waals surface area contributed by atoms with E-state index >= 15 is 0 Å². The lowest BCUT2D eigenvalue weighted by Gasteiger charge is -2.11. The van der Waals surface area contributed by atoms with Crippen LogP contribution in [0.4, 0.5) is 0 Å². The van der Waals surface area contributed by atoms with Crippen molar-refractivity contribution in [3.05, 3.63) is 64.6 Å². The Morgan fingerprint density at radius 2 is 1.88 bits per heavy atom. The second-order valence-corrected chi connectivity index (χ2v) is 7.47. The molecule has 2 aromatic rings. The SMILES string of the molecule is Cc1cccc(OCCOc2ccccc2C=C2SC(=S)N(C)C2=O)c1. The molecule has 0 saturated carbocycles. The van der Waals surface area contributed by atoms with E-state index < -0.39 is 0 Å². The van der Waals surface area contributed by atoms with Crippen LogP contribution in [0.5, 0.6) is 11.5 Å². The molecular weight excluding hydrogens is 366 g/mol. The Bertz CT molecular complexity index is 864. The molecule has 0 atom stereocenters. The molecule has 2 aromatic carbocycles. The first-order valence-corrected chi connectivity index (χ1v) is 9.40. The first-order valence-electron chi connectivity index (χ1n) is 8.17. The first kappa shape index (κ1) is 18.5. The third-order valence-electron chi connectivity index (χ3n) is 3.79. The molecule has 1 aliphatic rings. The maximum absolute atomic E-state index is 12.2. The van der Waals surface area contributed by atoms with Gasteiger partial charge in [-0.15, -0.1) is 0 Å². The van der Waals surface area contributed by atoms with Gasteiger partial charge in [0.1, 0.15) is 29.0 Å². The van der Waals surface area contributed by atoms with Gasteiger partial charge in [0.15, 0.2) is 0 Å². The Morgan fingerprint density at radius 3 is 2.62 bits per heavy atom. The number of rotatable bonds is 6. The minimum absolute atomic E-state index is 0.0856. The number of carbonyl (C=O) groups excluding carboxylic acids is 1. The van der Waals surface area contributed by atoms with E-state index in [0.29, 0.717) is 28.2 Å². The summed E-state index contributed by atoms with van der Waals surface area (Å²) in [7, 11) is 1.68. The lowest BCUT2D eigenvalue weighted by molar-refractivity contribution is -0.121. The molecule has 4 nitrogen and oxygen atoms in total. The number of para-hydroxylation sites is 1. The predicted octanol–water partition coefficient (Wildman–Crippen LogP) is 4.28. The molecule has 26 heavy (non-hydrogen) atoms. The Kier molecular flexibility index (Phi) is 5.96. The van der Waals surface area contributed by atoms with Crippen LogP contribution < -0.4 is 9.47 Å². The van der Waals surface area contributed by atoms with Crippen LogP contribution in [0.25, 0.3) is 6.08 Å². The molecular formula is C20H19NO3S2. The van der Waals surface area contributed by atoms with Crippen LogP contribution >= 0.6 is 24.0 Å². The highest BCUT2D eigenvalue weighted by Gasteiger charge is 2.28. The second-order valence-electron chi connectivity index (χ2n) is 5.79. The van der Waals surface area contributed by atoms with Crippen LogP contribution in [0.2, 0.25) is 0 Å². The number of carbonyl (C=O) groups is 1. The molecule has 0 aromatic heterocycles. The summed E-state index contributed by atoms with van der Waals surface area (Å²) in [6.07, 6.45) is 1.82. The zero-order chi connectivity index (χ0) is 18.5. The van der Waals surface area contributed by atoms with Gasteiger partial charge in [-0.2, -0.15) is 0 Å². The summed E-state index contributed by atoms with van der Waals surface area (Å²) in [5.74, 6) is 1.45. The van der Waals surface area contributed by atoms with Gasteiger partial charge in [-0.1, -0.05) is 54.3 Å². The van der Waals surface area contributed by atoms with E-state index in [0.717, 1.165) is 16.9 Å². The average Bonchev–Trinajstić information content (AvgIpc) is 2.87. The molecule has 3 rings (SSSR count). The Balaban J connectivity index is 1.63. The monoisotopic (exact) mass is 385 g/mol. The minimum atomic E-state index is -0.0856. The van der Waals surface area contributed by atoms with Gasteiger partial charge >= 0.3 is 0 Å². The fraction of sp³-hybridized carbons (Fsp3) is 0.200. The topological polar surface area (TPSA) is 38.8 Å². The molecule has 1 saturated heterocycles. The lowest BCUT2D eigenvalue weighted by atomic mass is 10.2. The molecule has 0 aliphatic carbocycles. The summed E-state index contributed by atoms with van der Waals surface area (Å²) < 4.78 is 12.1. The lowest BCUT2D eigenvalue weighted by Crippen LogP contribution is -2.22. The van der Waals surface area contributed by atoms with E-state index in [4.69, 9.17) is 21.7 Å². The molecule has 1 fully saturated rings. The standard InChI is InChI=1S/C20H19NO3S2/c1-14-6-5-8-16(12-14)23-10-11-24-17-9-4-3-7-15(17)13-18-19(22)21(2)20(25)26-18/h3-9,12-13H,10-11H2,1-2H3. The number of nitrogens with zero attached hydrogens (tertiary/aromatic N) is 1. The highest BCUT2D eigenvalue weighted by molar-refractivity contribution is 8.26. The quantitative estimate of drug-likeness (QED) is 0.421. The van der Waals surface area contributed by atoms with Gasteiger partial charge in [-0.05, 0) is 36.8 Å². The number of benzene rings is 2. The summed E-state index contributed by atoms with van der Waals surface area (Å²) in [5.41, 5.74) is 2.00. The summed E-state index contributed by atoms with van der Waals surface area (Å²) >= 11 is 6.47. The molecule has 0 radical (unpaired) electrons. The maximum atomic E-state index is 12.2. The van der Waals surface area contributed by atoms with Crippen molar-refractivity contribution in [2.75, 3.05) is 20.3 Å². The number of likely N-dealkylation sites (N-methyl/N-ethyl adjacent to an activating group) is 1. The summed E-state index contributed by atoms with van der Waals surface area (Å²) in [6, 6.07) is 15.5. The van der Waals surface area contributed by atoms with Gasteiger partial charge in [-0.3, -0.25) is 9.69 Å². The van der Waals surface area contributed by atoms with Crippen LogP contribution in [0.1, 0.15) is 11.1 Å². The number of ether oxygens (including phenoxy) is 2. The van der Waals surface area contributed by atoms with E-state index in [1.165, 1.54) is 16.7 Å². The Morgan fingerprint density at radius 1 is 1.12 bits per heavy atom. The van der Waals surface area contributed by atoms with Gasteiger partial charge in [-0.25, -0.2) is 0 Å². The molecule has 0 N–H and O–H groups in total. The van der Waals surface area contributed by atoms with E-state index in [1.54, 1.807) is 7.05 Å². The number of hydrogen-bond donors (Lipinski definition) is 0. The largest absolute Gasteiger partial charge is 0.490 e. The van der Waals surface area contributed by atoms with Crippen molar-refractivity contribution >= 4 is 40.3 Å². The minimum Gasteiger partial charge on any atom is -0.490 e. The summed E-state index contributed by atoms with van der Waals surface area (Å²) in [4.78, 5) is 14.2. The average molecular weight is 386 g/mol. The molecule has 0 unspecified atom stereocenters.